The smallest absolute Gasteiger partial charge is 0.328 e. The highest BCUT2D eigenvalue weighted by molar-refractivity contribution is 6.35. The SMILES string of the molecule is O=C1NC(=O)C(=Cc2ccc(OCc3ccc(Cl)cc3Cl)c(Cl)c2)C(=O)N1. The van der Waals surface area contributed by atoms with Crippen molar-refractivity contribution in [3.8, 4) is 5.75 Å². The van der Waals surface area contributed by atoms with E-state index in [1.54, 1.807) is 30.3 Å². The van der Waals surface area contributed by atoms with Crippen LogP contribution in [0.15, 0.2) is 42.0 Å². The molecular formula is C18H11Cl3N2O4. The molecule has 1 aliphatic heterocycles. The minimum absolute atomic E-state index is 0.184. The van der Waals surface area contributed by atoms with Crippen LogP contribution in [0.25, 0.3) is 6.08 Å². The van der Waals surface area contributed by atoms with Gasteiger partial charge < -0.3 is 4.74 Å². The summed E-state index contributed by atoms with van der Waals surface area (Å²) in [5.41, 5.74) is 1.03. The number of rotatable bonds is 4. The van der Waals surface area contributed by atoms with Crippen LogP contribution in [0.1, 0.15) is 11.1 Å². The van der Waals surface area contributed by atoms with Gasteiger partial charge in [0.05, 0.1) is 5.02 Å². The molecular weight excluding hydrogens is 415 g/mol. The van der Waals surface area contributed by atoms with Gasteiger partial charge >= 0.3 is 6.03 Å². The lowest BCUT2D eigenvalue weighted by Gasteiger charge is -2.14. The van der Waals surface area contributed by atoms with Crippen molar-refractivity contribution in [1.29, 1.82) is 0 Å². The number of nitrogens with one attached hydrogen (secondary N) is 2. The van der Waals surface area contributed by atoms with Gasteiger partial charge in [-0.25, -0.2) is 4.79 Å². The molecule has 2 N–H and O–H groups in total. The summed E-state index contributed by atoms with van der Waals surface area (Å²) in [5.74, 6) is -1.16. The summed E-state index contributed by atoms with van der Waals surface area (Å²) in [6.07, 6.45) is 1.32. The van der Waals surface area contributed by atoms with Gasteiger partial charge in [0.1, 0.15) is 17.9 Å². The molecule has 0 saturated carbocycles. The number of ether oxygens (including phenoxy) is 1. The molecule has 3 rings (SSSR count). The first-order valence-electron chi connectivity index (χ1n) is 7.58. The number of benzene rings is 2. The van der Waals surface area contributed by atoms with Crippen molar-refractivity contribution in [3.05, 3.63) is 68.2 Å². The van der Waals surface area contributed by atoms with Gasteiger partial charge in [0.15, 0.2) is 0 Å². The zero-order valence-electron chi connectivity index (χ0n) is 13.5. The van der Waals surface area contributed by atoms with Crippen molar-refractivity contribution in [2.75, 3.05) is 0 Å². The molecule has 1 heterocycles. The molecule has 0 aliphatic carbocycles. The molecule has 2 aromatic carbocycles. The number of barbiturate groups is 1. The van der Waals surface area contributed by atoms with Crippen LogP contribution in [0.3, 0.4) is 0 Å². The molecule has 0 bridgehead atoms. The zero-order valence-corrected chi connectivity index (χ0v) is 15.8. The largest absolute Gasteiger partial charge is 0.487 e. The lowest BCUT2D eigenvalue weighted by molar-refractivity contribution is -0.123. The Morgan fingerprint density at radius 3 is 2.22 bits per heavy atom. The first-order chi connectivity index (χ1) is 12.8. The maximum Gasteiger partial charge on any atom is 0.328 e. The fraction of sp³-hybridized carbons (Fsp3) is 0.0556. The first kappa shape index (κ1) is 19.2. The van der Waals surface area contributed by atoms with Gasteiger partial charge in [-0.3, -0.25) is 20.2 Å². The van der Waals surface area contributed by atoms with Crippen LogP contribution >= 0.6 is 34.8 Å². The predicted molar refractivity (Wildman–Crippen MR) is 102 cm³/mol. The Bertz CT molecular complexity index is 967. The van der Waals surface area contributed by atoms with E-state index < -0.39 is 17.8 Å². The van der Waals surface area contributed by atoms with Crippen LogP contribution in [0.2, 0.25) is 15.1 Å². The van der Waals surface area contributed by atoms with Gasteiger partial charge in [0.2, 0.25) is 0 Å². The zero-order chi connectivity index (χ0) is 19.6. The van der Waals surface area contributed by atoms with Gasteiger partial charge in [0, 0.05) is 15.6 Å². The molecule has 6 nitrogen and oxygen atoms in total. The van der Waals surface area contributed by atoms with Crippen LogP contribution < -0.4 is 15.4 Å². The summed E-state index contributed by atoms with van der Waals surface area (Å²) in [5, 5.41) is 5.27. The van der Waals surface area contributed by atoms with Crippen molar-refractivity contribution in [2.45, 2.75) is 6.61 Å². The van der Waals surface area contributed by atoms with E-state index in [-0.39, 0.29) is 17.2 Å². The molecule has 4 amide bonds. The van der Waals surface area contributed by atoms with E-state index in [4.69, 9.17) is 39.5 Å². The summed E-state index contributed by atoms with van der Waals surface area (Å²) in [7, 11) is 0. The van der Waals surface area contributed by atoms with E-state index in [2.05, 4.69) is 0 Å². The van der Waals surface area contributed by atoms with Crippen molar-refractivity contribution in [3.63, 3.8) is 0 Å². The molecule has 27 heavy (non-hydrogen) atoms. The van der Waals surface area contributed by atoms with Crippen molar-refractivity contribution < 1.29 is 19.1 Å². The summed E-state index contributed by atoms with van der Waals surface area (Å²) < 4.78 is 5.66. The Labute approximate surface area is 169 Å². The predicted octanol–water partition coefficient (Wildman–Crippen LogP) is 3.98. The Morgan fingerprint density at radius 2 is 1.59 bits per heavy atom. The second kappa shape index (κ2) is 8.00. The normalized spacial score (nSPS) is 13.9. The molecule has 9 heteroatoms. The topological polar surface area (TPSA) is 84.5 Å². The quantitative estimate of drug-likeness (QED) is 0.573. The Kier molecular flexibility index (Phi) is 5.70. The maximum atomic E-state index is 11.7. The third-order valence-corrected chi connectivity index (χ3v) is 4.49. The van der Waals surface area contributed by atoms with Gasteiger partial charge in [0.25, 0.3) is 11.8 Å². The number of carbonyl (C=O) groups excluding carboxylic acids is 3. The maximum absolute atomic E-state index is 11.7. The average molecular weight is 426 g/mol. The summed E-state index contributed by atoms with van der Waals surface area (Å²) in [6, 6.07) is 8.96. The summed E-state index contributed by atoms with van der Waals surface area (Å²) in [6.45, 7) is 0.184. The third-order valence-electron chi connectivity index (χ3n) is 3.61. The number of amides is 4. The molecule has 0 unspecified atom stereocenters. The fourth-order valence-electron chi connectivity index (χ4n) is 2.29. The monoisotopic (exact) mass is 424 g/mol. The lowest BCUT2D eigenvalue weighted by atomic mass is 10.1. The Balaban J connectivity index is 1.76. The number of halogens is 3. The van der Waals surface area contributed by atoms with Gasteiger partial charge in [-0.15, -0.1) is 0 Å². The van der Waals surface area contributed by atoms with Gasteiger partial charge in [-0.2, -0.15) is 0 Å². The van der Waals surface area contributed by atoms with Crippen LogP contribution in [0.5, 0.6) is 5.75 Å². The fourth-order valence-corrected chi connectivity index (χ4v) is 3.00. The minimum atomic E-state index is -0.857. The van der Waals surface area contributed by atoms with E-state index >= 15 is 0 Å². The van der Waals surface area contributed by atoms with E-state index in [0.29, 0.717) is 21.4 Å². The van der Waals surface area contributed by atoms with Gasteiger partial charge in [-0.05, 0) is 35.9 Å². The number of hydrogen-bond acceptors (Lipinski definition) is 4. The molecule has 0 atom stereocenters. The summed E-state index contributed by atoms with van der Waals surface area (Å²) >= 11 is 18.2. The van der Waals surface area contributed by atoms with Crippen molar-refractivity contribution in [1.82, 2.24) is 10.6 Å². The van der Waals surface area contributed by atoms with Crippen LogP contribution in [-0.4, -0.2) is 17.8 Å². The third kappa shape index (κ3) is 4.60. The molecule has 1 saturated heterocycles. The van der Waals surface area contributed by atoms with E-state index in [9.17, 15) is 14.4 Å². The van der Waals surface area contributed by atoms with Crippen molar-refractivity contribution in [2.24, 2.45) is 0 Å². The van der Waals surface area contributed by atoms with E-state index in [0.717, 1.165) is 5.56 Å². The van der Waals surface area contributed by atoms with E-state index in [1.165, 1.54) is 12.1 Å². The van der Waals surface area contributed by atoms with Crippen molar-refractivity contribution >= 4 is 58.7 Å². The average Bonchev–Trinajstić information content (AvgIpc) is 2.58. The highest BCUT2D eigenvalue weighted by Gasteiger charge is 2.27. The van der Waals surface area contributed by atoms with E-state index in [1.807, 2.05) is 10.6 Å². The molecule has 2 aromatic rings. The van der Waals surface area contributed by atoms with Crippen LogP contribution in [-0.2, 0) is 16.2 Å². The number of imide groups is 2. The molecule has 0 spiro atoms. The second-order valence-electron chi connectivity index (χ2n) is 5.51. The highest BCUT2D eigenvalue weighted by Crippen LogP contribution is 2.29. The second-order valence-corrected chi connectivity index (χ2v) is 6.76. The van der Waals surface area contributed by atoms with Crippen LogP contribution in [0, 0.1) is 0 Å². The molecule has 1 fully saturated rings. The highest BCUT2D eigenvalue weighted by atomic mass is 35.5. The summed E-state index contributed by atoms with van der Waals surface area (Å²) in [4.78, 5) is 34.6. The van der Waals surface area contributed by atoms with Gasteiger partial charge in [-0.1, -0.05) is 46.9 Å². The number of carbonyl (C=O) groups is 3. The molecule has 0 radical (unpaired) electrons. The minimum Gasteiger partial charge on any atom is -0.487 e. The Hall–Kier alpha value is -2.54. The standard InChI is InChI=1S/C18H11Cl3N2O4/c19-11-3-2-10(13(20)7-11)8-27-15-4-1-9(6-14(15)21)5-12-16(24)22-18(26)23-17(12)25/h1-7H,8H2,(H2,22,23,24,25,26). The molecule has 138 valence electrons. The number of hydrogen-bond donors (Lipinski definition) is 2. The first-order valence-corrected chi connectivity index (χ1v) is 8.71. The molecule has 0 aromatic heterocycles. The van der Waals surface area contributed by atoms with Crippen LogP contribution in [0.4, 0.5) is 4.79 Å². The Morgan fingerprint density at radius 1 is 0.889 bits per heavy atom. The number of urea groups is 1. The lowest BCUT2D eigenvalue weighted by Crippen LogP contribution is -2.51. The molecule has 1 aliphatic rings.